The van der Waals surface area contributed by atoms with Crippen molar-refractivity contribution in [2.45, 2.75) is 88.5 Å². The van der Waals surface area contributed by atoms with Gasteiger partial charge in [0.2, 0.25) is 0 Å². The maximum atomic E-state index is 13.0. The van der Waals surface area contributed by atoms with Crippen LogP contribution in [0.2, 0.25) is 0 Å². The summed E-state index contributed by atoms with van der Waals surface area (Å²) in [7, 11) is 2.26. The van der Waals surface area contributed by atoms with Crippen LogP contribution in [0.3, 0.4) is 0 Å². The maximum absolute atomic E-state index is 13.0. The average Bonchev–Trinajstić information content (AvgIpc) is 3.87. The highest BCUT2D eigenvalue weighted by Gasteiger charge is 2.70. The molecule has 0 amide bonds. The number of aryl methyl sites for hydroxylation is 1. The van der Waals surface area contributed by atoms with E-state index in [0.29, 0.717) is 40.0 Å². The minimum absolute atomic E-state index is 0.420. The Bertz CT molecular complexity index is 1620. The number of unbranched alkanes of at least 4 members (excludes halogenated alkanes) is 1. The van der Waals surface area contributed by atoms with Gasteiger partial charge < -0.3 is 19.8 Å². The number of hydrogen-bond donors (Lipinski definition) is 2. The molecule has 216 valence electrons. The molecule has 4 atom stereocenters. The van der Waals surface area contributed by atoms with Crippen LogP contribution in [0.5, 0.6) is 0 Å². The van der Waals surface area contributed by atoms with Crippen LogP contribution < -0.4 is 5.32 Å². The summed E-state index contributed by atoms with van der Waals surface area (Å²) in [6.45, 7) is 1.04. The molecule has 2 spiro atoms. The number of halogens is 3. The minimum atomic E-state index is -4.34. The Labute approximate surface area is 236 Å². The van der Waals surface area contributed by atoms with Gasteiger partial charge in [-0.25, -0.2) is 15.0 Å². The number of hydrogen-bond acceptors (Lipinski definition) is 5. The van der Waals surface area contributed by atoms with Gasteiger partial charge in [0.15, 0.2) is 0 Å². The van der Waals surface area contributed by atoms with E-state index >= 15 is 0 Å². The van der Waals surface area contributed by atoms with Crippen LogP contribution in [0.4, 0.5) is 19.0 Å². The Morgan fingerprint density at radius 3 is 2.78 bits per heavy atom. The summed E-state index contributed by atoms with van der Waals surface area (Å²) in [5, 5.41) is 4.71. The van der Waals surface area contributed by atoms with Gasteiger partial charge in [-0.2, -0.15) is 13.2 Å². The third kappa shape index (κ3) is 4.49. The molecule has 0 radical (unpaired) electrons. The Morgan fingerprint density at radius 1 is 1.10 bits per heavy atom. The SMILES string of the molecule is CN(CCCCc1nc2ccc(C(F)(F)F)cc2[nH]1)[C@H]1C[C@@]12CCC1(CC1n1ccc3c(NC4CC4)ncnc31)C2. The molecule has 2 N–H and O–H groups in total. The van der Waals surface area contributed by atoms with Crippen molar-refractivity contribution in [3.8, 4) is 0 Å². The highest BCUT2D eigenvalue weighted by atomic mass is 19.4. The first-order valence-corrected chi connectivity index (χ1v) is 15.1. The Balaban J connectivity index is 0.847. The first kappa shape index (κ1) is 25.6. The third-order valence-corrected chi connectivity index (χ3v) is 10.4. The largest absolute Gasteiger partial charge is 0.416 e. The smallest absolute Gasteiger partial charge is 0.367 e. The predicted molar refractivity (Wildman–Crippen MR) is 152 cm³/mol. The van der Waals surface area contributed by atoms with Crippen molar-refractivity contribution in [2.75, 3.05) is 18.9 Å². The van der Waals surface area contributed by atoms with Crippen molar-refractivity contribution >= 4 is 27.9 Å². The maximum Gasteiger partial charge on any atom is 0.416 e. The molecular formula is C31H36F3N7. The third-order valence-electron chi connectivity index (χ3n) is 10.4. The van der Waals surface area contributed by atoms with Gasteiger partial charge in [-0.1, -0.05) is 0 Å². The number of rotatable bonds is 9. The normalized spacial score (nSPS) is 29.0. The van der Waals surface area contributed by atoms with Crippen molar-refractivity contribution in [1.29, 1.82) is 0 Å². The second-order valence-corrected chi connectivity index (χ2v) is 13.3. The molecule has 41 heavy (non-hydrogen) atoms. The molecule has 4 saturated carbocycles. The number of alkyl halides is 3. The van der Waals surface area contributed by atoms with Gasteiger partial charge >= 0.3 is 6.18 Å². The number of aromatic amines is 1. The first-order chi connectivity index (χ1) is 19.7. The Hall–Kier alpha value is -3.14. The molecule has 3 aromatic heterocycles. The van der Waals surface area contributed by atoms with Gasteiger partial charge in [0.05, 0.1) is 22.0 Å². The fourth-order valence-electron chi connectivity index (χ4n) is 7.89. The minimum Gasteiger partial charge on any atom is -0.367 e. The van der Waals surface area contributed by atoms with Gasteiger partial charge in [-0.15, -0.1) is 0 Å². The molecule has 0 bridgehead atoms. The lowest BCUT2D eigenvalue weighted by Crippen LogP contribution is -2.26. The van der Waals surface area contributed by atoms with Crippen LogP contribution in [-0.2, 0) is 12.6 Å². The van der Waals surface area contributed by atoms with Crippen molar-refractivity contribution in [2.24, 2.45) is 10.8 Å². The number of nitrogens with one attached hydrogen (secondary N) is 2. The molecule has 7 nitrogen and oxygen atoms in total. The molecule has 4 fully saturated rings. The summed E-state index contributed by atoms with van der Waals surface area (Å²) >= 11 is 0. The molecule has 4 aromatic rings. The molecular weight excluding hydrogens is 527 g/mol. The van der Waals surface area contributed by atoms with E-state index < -0.39 is 11.7 Å². The zero-order valence-electron chi connectivity index (χ0n) is 23.3. The fraction of sp³-hybridized carbons (Fsp3) is 0.581. The first-order valence-electron chi connectivity index (χ1n) is 15.1. The van der Waals surface area contributed by atoms with E-state index in [1.54, 1.807) is 6.33 Å². The predicted octanol–water partition coefficient (Wildman–Crippen LogP) is 6.73. The lowest BCUT2D eigenvalue weighted by atomic mass is 9.99. The number of imidazole rings is 1. The summed E-state index contributed by atoms with van der Waals surface area (Å²) in [4.78, 5) is 19.3. The van der Waals surface area contributed by atoms with Crippen LogP contribution in [-0.4, -0.2) is 55.1 Å². The van der Waals surface area contributed by atoms with E-state index in [4.69, 9.17) is 0 Å². The van der Waals surface area contributed by atoms with Crippen LogP contribution in [0.15, 0.2) is 36.8 Å². The summed E-state index contributed by atoms with van der Waals surface area (Å²) < 4.78 is 41.5. The van der Waals surface area contributed by atoms with E-state index in [-0.39, 0.29) is 0 Å². The summed E-state index contributed by atoms with van der Waals surface area (Å²) in [6, 6.07) is 7.67. The average molecular weight is 564 g/mol. The lowest BCUT2D eigenvalue weighted by molar-refractivity contribution is -0.137. The van der Waals surface area contributed by atoms with Crippen molar-refractivity contribution < 1.29 is 13.2 Å². The van der Waals surface area contributed by atoms with Gasteiger partial charge in [-0.05, 0) is 106 Å². The number of H-pyrrole nitrogens is 1. The van der Waals surface area contributed by atoms with Gasteiger partial charge in [-0.3, -0.25) is 0 Å². The molecule has 2 unspecified atom stereocenters. The summed E-state index contributed by atoms with van der Waals surface area (Å²) in [6.07, 6.45) is 11.3. The molecule has 8 rings (SSSR count). The molecule has 4 aliphatic carbocycles. The van der Waals surface area contributed by atoms with E-state index in [2.05, 4.69) is 54.0 Å². The van der Waals surface area contributed by atoms with E-state index in [0.717, 1.165) is 60.6 Å². The zero-order valence-corrected chi connectivity index (χ0v) is 23.3. The van der Waals surface area contributed by atoms with Crippen LogP contribution in [0, 0.1) is 10.8 Å². The molecule has 1 aromatic carbocycles. The Kier molecular flexibility index (Phi) is 5.57. The van der Waals surface area contributed by atoms with Gasteiger partial charge in [0.25, 0.3) is 0 Å². The summed E-state index contributed by atoms with van der Waals surface area (Å²) in [5.41, 5.74) is 2.36. The summed E-state index contributed by atoms with van der Waals surface area (Å²) in [5.74, 6) is 1.74. The highest BCUT2D eigenvalue weighted by molar-refractivity contribution is 5.87. The monoisotopic (exact) mass is 563 g/mol. The molecule has 4 aliphatic rings. The topological polar surface area (TPSA) is 74.7 Å². The van der Waals surface area contributed by atoms with Crippen molar-refractivity contribution in [3.63, 3.8) is 0 Å². The lowest BCUT2D eigenvalue weighted by Gasteiger charge is -2.20. The van der Waals surface area contributed by atoms with Gasteiger partial charge in [0, 0.05) is 30.7 Å². The highest BCUT2D eigenvalue weighted by Crippen LogP contribution is 2.76. The number of benzene rings is 1. The molecule has 0 aliphatic heterocycles. The van der Waals surface area contributed by atoms with Crippen LogP contribution in [0.1, 0.15) is 75.2 Å². The second-order valence-electron chi connectivity index (χ2n) is 13.3. The molecule has 3 heterocycles. The Morgan fingerprint density at radius 2 is 1.95 bits per heavy atom. The number of anilines is 1. The van der Waals surface area contributed by atoms with Gasteiger partial charge in [0.1, 0.15) is 23.6 Å². The number of aromatic nitrogens is 5. The van der Waals surface area contributed by atoms with E-state index in [1.165, 1.54) is 51.0 Å². The van der Waals surface area contributed by atoms with Crippen LogP contribution >= 0.6 is 0 Å². The zero-order chi connectivity index (χ0) is 28.0. The van der Waals surface area contributed by atoms with Crippen LogP contribution in [0.25, 0.3) is 22.1 Å². The second kappa shape index (κ2) is 8.93. The van der Waals surface area contributed by atoms with E-state index in [1.807, 2.05) is 0 Å². The number of fused-ring (bicyclic) bond motifs is 2. The standard InChI is InChI=1S/C31H36F3N7/c1-40(12-3-2-4-26-38-22-8-5-19(31(32,33)34)14-23(22)39-26)24-15-29(24)10-11-30(17-29)16-25(30)41-13-9-21-27(37-20-6-7-20)35-18-36-28(21)41/h5,8-9,13-14,18,20,24-25H,2-4,6-7,10-12,15-17H2,1H3,(H,38,39)(H,35,36,37)/t24-,25?,29+,30?/m0/s1. The van der Waals surface area contributed by atoms with Crippen molar-refractivity contribution in [1.82, 2.24) is 29.4 Å². The number of nitrogens with zero attached hydrogens (tertiary/aromatic N) is 5. The fourth-order valence-corrected chi connectivity index (χ4v) is 7.89. The van der Waals surface area contributed by atoms with E-state index in [9.17, 15) is 13.2 Å². The quantitative estimate of drug-likeness (QED) is 0.221. The molecule has 0 saturated heterocycles. The molecule has 10 heteroatoms. The van der Waals surface area contributed by atoms with Crippen molar-refractivity contribution in [3.05, 3.63) is 48.2 Å².